The number of rotatable bonds is 8. The Morgan fingerprint density at radius 3 is 2.28 bits per heavy atom. The summed E-state index contributed by atoms with van der Waals surface area (Å²) in [5.74, 6) is 0.396. The number of nitrogens with one attached hydrogen (secondary N) is 2. The molecule has 1 heterocycles. The Labute approximate surface area is 184 Å². The third-order valence-electron chi connectivity index (χ3n) is 4.61. The molecule has 0 radical (unpaired) electrons. The highest BCUT2D eigenvalue weighted by atomic mass is 32.2. The molecule has 0 aliphatic carbocycles. The minimum absolute atomic E-state index is 0.0897. The molecule has 0 aliphatic heterocycles. The maximum Gasteiger partial charge on any atom is 0.312 e. The zero-order valence-corrected chi connectivity index (χ0v) is 18.2. The highest BCUT2D eigenvalue weighted by Crippen LogP contribution is 2.18. The molecule has 0 fully saturated rings. The molecule has 3 aromatic rings. The van der Waals surface area contributed by atoms with Crippen LogP contribution in [0.4, 0.5) is 4.79 Å². The molecule has 11 heteroatoms. The Morgan fingerprint density at radius 2 is 1.72 bits per heavy atom. The summed E-state index contributed by atoms with van der Waals surface area (Å²) in [7, 11) is -4.08. The standard InChI is InChI=1S/C21H22N4O6S/c1-13-19(14(2)31-24-13)12-30-17-7-5-16(6-8-17)20(26)25-32(28,29)18-9-3-15(4-10-18)11-23-21(22)27/h3-10H,11-12H2,1-2H3,(H,25,26)(H3,22,23,27). The van der Waals surface area contributed by atoms with E-state index < -0.39 is 22.0 Å². The summed E-state index contributed by atoms with van der Waals surface area (Å²) in [6, 6.07) is 11.1. The number of hydrogen-bond acceptors (Lipinski definition) is 7. The quantitative estimate of drug-likeness (QED) is 0.467. The second-order valence-corrected chi connectivity index (χ2v) is 8.59. The molecule has 168 valence electrons. The topological polar surface area (TPSA) is 154 Å². The van der Waals surface area contributed by atoms with Crippen molar-refractivity contribution in [2.75, 3.05) is 0 Å². The van der Waals surface area contributed by atoms with Crippen LogP contribution in [0.1, 0.15) is 32.9 Å². The first-order valence-electron chi connectivity index (χ1n) is 9.50. The van der Waals surface area contributed by atoms with Crippen molar-refractivity contribution in [2.45, 2.75) is 31.9 Å². The average molecular weight is 458 g/mol. The minimum atomic E-state index is -4.08. The number of nitrogens with zero attached hydrogens (tertiary/aromatic N) is 1. The van der Waals surface area contributed by atoms with Gasteiger partial charge in [-0.3, -0.25) is 4.79 Å². The van der Waals surface area contributed by atoms with Crippen LogP contribution in [0.25, 0.3) is 0 Å². The summed E-state index contributed by atoms with van der Waals surface area (Å²) in [4.78, 5) is 23.1. The molecular formula is C21H22N4O6S. The van der Waals surface area contributed by atoms with E-state index in [1.165, 1.54) is 36.4 Å². The monoisotopic (exact) mass is 458 g/mol. The number of amides is 3. The van der Waals surface area contributed by atoms with Gasteiger partial charge in [0.15, 0.2) is 0 Å². The number of carbonyl (C=O) groups is 2. The summed E-state index contributed by atoms with van der Waals surface area (Å²) in [6.45, 7) is 4.02. The van der Waals surface area contributed by atoms with Gasteiger partial charge in [0.05, 0.1) is 16.2 Å². The van der Waals surface area contributed by atoms with Gasteiger partial charge in [-0.2, -0.15) is 0 Å². The Morgan fingerprint density at radius 1 is 1.06 bits per heavy atom. The lowest BCUT2D eigenvalue weighted by atomic mass is 10.2. The van der Waals surface area contributed by atoms with Gasteiger partial charge in [0.25, 0.3) is 15.9 Å². The van der Waals surface area contributed by atoms with Gasteiger partial charge in [-0.05, 0) is 55.8 Å². The molecule has 0 atom stereocenters. The highest BCUT2D eigenvalue weighted by molar-refractivity contribution is 7.90. The van der Waals surface area contributed by atoms with Crippen molar-refractivity contribution in [3.05, 3.63) is 76.7 Å². The van der Waals surface area contributed by atoms with Crippen LogP contribution in [0.3, 0.4) is 0 Å². The number of urea groups is 1. The number of ether oxygens (including phenoxy) is 1. The van der Waals surface area contributed by atoms with E-state index in [0.29, 0.717) is 17.1 Å². The molecule has 1 aromatic heterocycles. The summed E-state index contributed by atoms with van der Waals surface area (Å²) < 4.78 is 37.8. The van der Waals surface area contributed by atoms with Crippen molar-refractivity contribution >= 4 is 22.0 Å². The second-order valence-electron chi connectivity index (χ2n) is 6.91. The van der Waals surface area contributed by atoms with Crippen LogP contribution in [0.2, 0.25) is 0 Å². The molecule has 0 unspecified atom stereocenters. The smallest absolute Gasteiger partial charge is 0.312 e. The summed E-state index contributed by atoms with van der Waals surface area (Å²) in [5.41, 5.74) is 7.39. The molecule has 0 spiro atoms. The van der Waals surface area contributed by atoms with Gasteiger partial charge in [-0.25, -0.2) is 17.9 Å². The van der Waals surface area contributed by atoms with Crippen LogP contribution >= 0.6 is 0 Å². The lowest BCUT2D eigenvalue weighted by Gasteiger charge is -2.09. The van der Waals surface area contributed by atoms with Gasteiger partial charge in [0, 0.05) is 12.1 Å². The fourth-order valence-electron chi connectivity index (χ4n) is 2.78. The number of sulfonamides is 1. The zero-order chi connectivity index (χ0) is 23.3. The van der Waals surface area contributed by atoms with Gasteiger partial charge in [0.1, 0.15) is 18.1 Å². The summed E-state index contributed by atoms with van der Waals surface area (Å²) >= 11 is 0. The number of carbonyl (C=O) groups excluding carboxylic acids is 2. The molecular weight excluding hydrogens is 436 g/mol. The first-order valence-corrected chi connectivity index (χ1v) is 11.0. The van der Waals surface area contributed by atoms with Crippen LogP contribution in [-0.2, 0) is 23.2 Å². The number of nitrogens with two attached hydrogens (primary N) is 1. The largest absolute Gasteiger partial charge is 0.489 e. The average Bonchev–Trinajstić information content (AvgIpc) is 3.08. The van der Waals surface area contributed by atoms with E-state index in [2.05, 4.69) is 10.5 Å². The van der Waals surface area contributed by atoms with E-state index in [1.54, 1.807) is 19.1 Å². The maximum absolute atomic E-state index is 12.5. The molecule has 10 nitrogen and oxygen atoms in total. The van der Waals surface area contributed by atoms with Crippen LogP contribution in [0.5, 0.6) is 5.75 Å². The molecule has 0 saturated heterocycles. The van der Waals surface area contributed by atoms with Gasteiger partial charge in [-0.1, -0.05) is 17.3 Å². The fraction of sp³-hybridized carbons (Fsp3) is 0.190. The van der Waals surface area contributed by atoms with Crippen molar-refractivity contribution in [2.24, 2.45) is 5.73 Å². The minimum Gasteiger partial charge on any atom is -0.489 e. The van der Waals surface area contributed by atoms with E-state index in [1.807, 2.05) is 11.6 Å². The van der Waals surface area contributed by atoms with Crippen molar-refractivity contribution in [3.63, 3.8) is 0 Å². The number of aryl methyl sites for hydroxylation is 2. The van der Waals surface area contributed by atoms with Crippen molar-refractivity contribution < 1.29 is 27.3 Å². The van der Waals surface area contributed by atoms with Crippen LogP contribution in [0.15, 0.2) is 57.9 Å². The third kappa shape index (κ3) is 5.64. The first-order chi connectivity index (χ1) is 15.2. The Balaban J connectivity index is 1.61. The van der Waals surface area contributed by atoms with Crippen LogP contribution in [-0.4, -0.2) is 25.5 Å². The molecule has 3 amide bonds. The normalized spacial score (nSPS) is 11.1. The molecule has 0 bridgehead atoms. The van der Waals surface area contributed by atoms with E-state index in [9.17, 15) is 18.0 Å². The zero-order valence-electron chi connectivity index (χ0n) is 17.4. The lowest BCUT2D eigenvalue weighted by molar-refractivity contribution is 0.0981. The Kier molecular flexibility index (Phi) is 6.79. The third-order valence-corrected chi connectivity index (χ3v) is 5.96. The second kappa shape index (κ2) is 9.52. The molecule has 3 rings (SSSR count). The summed E-state index contributed by atoms with van der Waals surface area (Å²) in [6.07, 6.45) is 0. The van der Waals surface area contributed by atoms with Gasteiger partial charge in [0.2, 0.25) is 0 Å². The van der Waals surface area contributed by atoms with Crippen LogP contribution < -0.4 is 20.5 Å². The van der Waals surface area contributed by atoms with Gasteiger partial charge >= 0.3 is 6.03 Å². The SMILES string of the molecule is Cc1noc(C)c1COc1ccc(C(=O)NS(=O)(=O)c2ccc(CNC(N)=O)cc2)cc1. The number of primary amides is 1. The predicted molar refractivity (Wildman–Crippen MR) is 114 cm³/mol. The summed E-state index contributed by atoms with van der Waals surface area (Å²) in [5, 5.41) is 6.26. The van der Waals surface area contributed by atoms with E-state index in [4.69, 9.17) is 15.0 Å². The number of aromatic nitrogens is 1. The lowest BCUT2D eigenvalue weighted by Crippen LogP contribution is -2.30. The van der Waals surface area contributed by atoms with E-state index in [-0.39, 0.29) is 23.6 Å². The Hall–Kier alpha value is -3.86. The first kappa shape index (κ1) is 22.8. The van der Waals surface area contributed by atoms with E-state index >= 15 is 0 Å². The predicted octanol–water partition coefficient (Wildman–Crippen LogP) is 2.16. The van der Waals surface area contributed by atoms with Crippen molar-refractivity contribution in [3.8, 4) is 5.75 Å². The highest BCUT2D eigenvalue weighted by Gasteiger charge is 2.19. The molecule has 2 aromatic carbocycles. The van der Waals surface area contributed by atoms with Crippen LogP contribution in [0, 0.1) is 13.8 Å². The van der Waals surface area contributed by atoms with Gasteiger partial charge < -0.3 is 20.3 Å². The molecule has 0 saturated carbocycles. The van der Waals surface area contributed by atoms with E-state index in [0.717, 1.165) is 11.3 Å². The molecule has 0 aliphatic rings. The fourth-order valence-corrected chi connectivity index (χ4v) is 3.76. The molecule has 32 heavy (non-hydrogen) atoms. The maximum atomic E-state index is 12.5. The number of benzene rings is 2. The Bertz CT molecular complexity index is 1200. The van der Waals surface area contributed by atoms with Crippen molar-refractivity contribution in [1.82, 2.24) is 15.2 Å². The molecule has 4 N–H and O–H groups in total. The van der Waals surface area contributed by atoms with Gasteiger partial charge in [-0.15, -0.1) is 0 Å². The van der Waals surface area contributed by atoms with Crippen molar-refractivity contribution in [1.29, 1.82) is 0 Å². The number of hydrogen-bond donors (Lipinski definition) is 3.